The molecule has 0 aromatic carbocycles. The van der Waals surface area contributed by atoms with Crippen molar-refractivity contribution in [1.82, 2.24) is 4.90 Å². The first-order chi connectivity index (χ1) is 10.9. The fourth-order valence-corrected chi connectivity index (χ4v) is 4.35. The van der Waals surface area contributed by atoms with Crippen molar-refractivity contribution in [2.75, 3.05) is 32.8 Å². The Labute approximate surface area is 136 Å². The van der Waals surface area contributed by atoms with Crippen LogP contribution < -0.4 is 0 Å². The van der Waals surface area contributed by atoms with Gasteiger partial charge in [0.25, 0.3) is 0 Å². The Kier molecular flexibility index (Phi) is 7.03. The van der Waals surface area contributed by atoms with Gasteiger partial charge in [-0.05, 0) is 70.4 Å². The average Bonchev–Trinajstić information content (AvgIpc) is 3.08. The standard InChI is InChI=1S/C19H35NO2/c1-2-6-17(7-3-1)16-22-19-10-8-18(9-11-19)21-15-14-20-12-4-5-13-20/h17-19H,1-16H2. The molecule has 0 aromatic rings. The third kappa shape index (κ3) is 5.50. The minimum Gasteiger partial charge on any atom is -0.378 e. The SMILES string of the molecule is C1CCC(COC2CCC(OCCN3CCCC3)CC2)CC1. The van der Waals surface area contributed by atoms with Crippen LogP contribution >= 0.6 is 0 Å². The molecule has 0 bridgehead atoms. The predicted octanol–water partition coefficient (Wildman–Crippen LogP) is 4.01. The van der Waals surface area contributed by atoms with E-state index < -0.39 is 0 Å². The van der Waals surface area contributed by atoms with Gasteiger partial charge in [-0.2, -0.15) is 0 Å². The Balaban J connectivity index is 1.22. The molecule has 22 heavy (non-hydrogen) atoms. The molecule has 0 amide bonds. The van der Waals surface area contributed by atoms with E-state index in [2.05, 4.69) is 4.90 Å². The van der Waals surface area contributed by atoms with Crippen molar-refractivity contribution in [3.05, 3.63) is 0 Å². The number of rotatable bonds is 7. The number of likely N-dealkylation sites (tertiary alicyclic amines) is 1. The molecule has 1 heterocycles. The highest BCUT2D eigenvalue weighted by Crippen LogP contribution is 2.27. The van der Waals surface area contributed by atoms with E-state index in [1.165, 1.54) is 83.7 Å². The number of nitrogens with zero attached hydrogens (tertiary/aromatic N) is 1. The summed E-state index contributed by atoms with van der Waals surface area (Å²) in [4.78, 5) is 2.54. The summed E-state index contributed by atoms with van der Waals surface area (Å²) in [5.74, 6) is 0.850. The quantitative estimate of drug-likeness (QED) is 0.709. The Morgan fingerprint density at radius 2 is 1.32 bits per heavy atom. The van der Waals surface area contributed by atoms with Gasteiger partial charge >= 0.3 is 0 Å². The van der Waals surface area contributed by atoms with E-state index in [9.17, 15) is 0 Å². The lowest BCUT2D eigenvalue weighted by Crippen LogP contribution is -2.31. The van der Waals surface area contributed by atoms with E-state index in [0.717, 1.165) is 25.7 Å². The Morgan fingerprint density at radius 1 is 0.682 bits per heavy atom. The maximum atomic E-state index is 6.19. The fraction of sp³-hybridized carbons (Fsp3) is 1.00. The van der Waals surface area contributed by atoms with Gasteiger partial charge < -0.3 is 14.4 Å². The molecule has 2 saturated carbocycles. The van der Waals surface area contributed by atoms with Gasteiger partial charge in [0.05, 0.1) is 18.8 Å². The predicted molar refractivity (Wildman–Crippen MR) is 90.2 cm³/mol. The highest BCUT2D eigenvalue weighted by atomic mass is 16.5. The van der Waals surface area contributed by atoms with E-state index in [-0.39, 0.29) is 0 Å². The van der Waals surface area contributed by atoms with Crippen molar-refractivity contribution in [1.29, 1.82) is 0 Å². The summed E-state index contributed by atoms with van der Waals surface area (Å²) in [7, 11) is 0. The molecule has 2 aliphatic carbocycles. The molecule has 3 heteroatoms. The normalized spacial score (nSPS) is 31.6. The third-order valence-electron chi connectivity index (χ3n) is 5.87. The molecule has 3 aliphatic rings. The zero-order valence-electron chi connectivity index (χ0n) is 14.3. The molecule has 0 unspecified atom stereocenters. The number of ether oxygens (including phenoxy) is 2. The van der Waals surface area contributed by atoms with E-state index in [1.807, 2.05) is 0 Å². The molecule has 0 spiro atoms. The summed E-state index contributed by atoms with van der Waals surface area (Å²) in [6, 6.07) is 0. The van der Waals surface area contributed by atoms with Crippen molar-refractivity contribution < 1.29 is 9.47 Å². The van der Waals surface area contributed by atoms with Crippen LogP contribution in [-0.4, -0.2) is 50.0 Å². The van der Waals surface area contributed by atoms with Crippen LogP contribution in [-0.2, 0) is 9.47 Å². The summed E-state index contributed by atoms with van der Waals surface area (Å²) >= 11 is 0. The Hall–Kier alpha value is -0.120. The average molecular weight is 309 g/mol. The zero-order chi connectivity index (χ0) is 15.0. The first kappa shape index (κ1) is 16.7. The van der Waals surface area contributed by atoms with Gasteiger partial charge in [0.1, 0.15) is 0 Å². The van der Waals surface area contributed by atoms with Gasteiger partial charge in [-0.1, -0.05) is 19.3 Å². The van der Waals surface area contributed by atoms with Crippen LogP contribution in [0.1, 0.15) is 70.6 Å². The monoisotopic (exact) mass is 309 g/mol. The highest BCUT2D eigenvalue weighted by molar-refractivity contribution is 4.75. The van der Waals surface area contributed by atoms with Crippen LogP contribution in [0.15, 0.2) is 0 Å². The molecule has 3 fully saturated rings. The van der Waals surface area contributed by atoms with E-state index in [0.29, 0.717) is 12.2 Å². The second-order valence-electron chi connectivity index (χ2n) is 7.66. The van der Waals surface area contributed by atoms with Crippen molar-refractivity contribution in [3.8, 4) is 0 Å². The Morgan fingerprint density at radius 3 is 2.00 bits per heavy atom. The van der Waals surface area contributed by atoms with Crippen molar-refractivity contribution >= 4 is 0 Å². The molecule has 0 atom stereocenters. The molecule has 0 aromatic heterocycles. The maximum Gasteiger partial charge on any atom is 0.0597 e. The van der Waals surface area contributed by atoms with Gasteiger partial charge in [0.15, 0.2) is 0 Å². The molecular weight excluding hydrogens is 274 g/mol. The zero-order valence-corrected chi connectivity index (χ0v) is 14.3. The Bertz CT molecular complexity index is 290. The topological polar surface area (TPSA) is 21.7 Å². The van der Waals surface area contributed by atoms with Gasteiger partial charge in [0, 0.05) is 13.2 Å². The van der Waals surface area contributed by atoms with Crippen LogP contribution in [0.2, 0.25) is 0 Å². The minimum atomic E-state index is 0.497. The van der Waals surface area contributed by atoms with E-state index >= 15 is 0 Å². The highest BCUT2D eigenvalue weighted by Gasteiger charge is 2.24. The summed E-state index contributed by atoms with van der Waals surface area (Å²) in [5, 5.41) is 0. The first-order valence-electron chi connectivity index (χ1n) is 9.86. The molecule has 1 saturated heterocycles. The van der Waals surface area contributed by atoms with Gasteiger partial charge in [-0.25, -0.2) is 0 Å². The molecule has 128 valence electrons. The second kappa shape index (κ2) is 9.24. The molecule has 3 nitrogen and oxygen atoms in total. The van der Waals surface area contributed by atoms with Crippen LogP contribution in [0.4, 0.5) is 0 Å². The third-order valence-corrected chi connectivity index (χ3v) is 5.87. The molecule has 1 aliphatic heterocycles. The molecule has 0 radical (unpaired) electrons. The van der Waals surface area contributed by atoms with Gasteiger partial charge in [0.2, 0.25) is 0 Å². The van der Waals surface area contributed by atoms with Crippen LogP contribution in [0.3, 0.4) is 0 Å². The number of hydrogen-bond acceptors (Lipinski definition) is 3. The summed E-state index contributed by atoms with van der Waals surface area (Å²) in [6.07, 6.45) is 15.7. The van der Waals surface area contributed by atoms with Crippen molar-refractivity contribution in [2.45, 2.75) is 82.8 Å². The number of hydrogen-bond donors (Lipinski definition) is 0. The van der Waals surface area contributed by atoms with E-state index in [4.69, 9.17) is 9.47 Å². The lowest BCUT2D eigenvalue weighted by Gasteiger charge is -2.31. The van der Waals surface area contributed by atoms with Gasteiger partial charge in [-0.3, -0.25) is 0 Å². The summed E-state index contributed by atoms with van der Waals surface area (Å²) < 4.78 is 12.3. The largest absolute Gasteiger partial charge is 0.378 e. The molecule has 3 rings (SSSR count). The first-order valence-corrected chi connectivity index (χ1v) is 9.86. The van der Waals surface area contributed by atoms with Gasteiger partial charge in [-0.15, -0.1) is 0 Å². The maximum absolute atomic E-state index is 6.19. The lowest BCUT2D eigenvalue weighted by molar-refractivity contribution is -0.0448. The smallest absolute Gasteiger partial charge is 0.0597 e. The molecule has 0 N–H and O–H groups in total. The van der Waals surface area contributed by atoms with Crippen molar-refractivity contribution in [3.63, 3.8) is 0 Å². The van der Waals surface area contributed by atoms with Crippen molar-refractivity contribution in [2.24, 2.45) is 5.92 Å². The van der Waals surface area contributed by atoms with Crippen LogP contribution in [0, 0.1) is 5.92 Å². The van der Waals surface area contributed by atoms with E-state index in [1.54, 1.807) is 0 Å². The molecular formula is C19H35NO2. The minimum absolute atomic E-state index is 0.497. The summed E-state index contributed by atoms with van der Waals surface area (Å²) in [6.45, 7) is 5.65. The fourth-order valence-electron chi connectivity index (χ4n) is 4.35. The summed E-state index contributed by atoms with van der Waals surface area (Å²) in [5.41, 5.74) is 0. The second-order valence-corrected chi connectivity index (χ2v) is 7.66. The van der Waals surface area contributed by atoms with Crippen LogP contribution in [0.25, 0.3) is 0 Å². The lowest BCUT2D eigenvalue weighted by atomic mass is 9.89. The van der Waals surface area contributed by atoms with Crippen LogP contribution in [0.5, 0.6) is 0 Å².